The van der Waals surface area contributed by atoms with Gasteiger partial charge >= 0.3 is 0 Å². The van der Waals surface area contributed by atoms with Crippen LogP contribution in [0.1, 0.15) is 38.7 Å². The molecule has 1 aliphatic rings. The summed E-state index contributed by atoms with van der Waals surface area (Å²) in [7, 11) is 0. The van der Waals surface area contributed by atoms with Gasteiger partial charge in [0.15, 0.2) is 0 Å². The Bertz CT molecular complexity index is 1140. The fourth-order valence-electron chi connectivity index (χ4n) is 4.15. The van der Waals surface area contributed by atoms with E-state index in [0.29, 0.717) is 29.1 Å². The molecule has 0 aliphatic carbocycles. The highest BCUT2D eigenvalue weighted by Crippen LogP contribution is 2.34. The van der Waals surface area contributed by atoms with Crippen LogP contribution in [0.25, 0.3) is 0 Å². The molecular weight excluding hydrogens is 470 g/mol. The van der Waals surface area contributed by atoms with Crippen LogP contribution in [0, 0.1) is 0 Å². The fourth-order valence-corrected chi connectivity index (χ4v) is 4.34. The van der Waals surface area contributed by atoms with E-state index in [1.54, 1.807) is 30.3 Å². The summed E-state index contributed by atoms with van der Waals surface area (Å²) >= 11 is 6.42. The van der Waals surface area contributed by atoms with E-state index >= 15 is 0 Å². The predicted octanol–water partition coefficient (Wildman–Crippen LogP) is 2.38. The van der Waals surface area contributed by atoms with Gasteiger partial charge in [-0.25, -0.2) is 0 Å². The second kappa shape index (κ2) is 11.3. The zero-order valence-corrected chi connectivity index (χ0v) is 19.7. The molecule has 0 saturated carbocycles. The Balaban J connectivity index is 1.43. The molecule has 8 heteroatoms. The summed E-state index contributed by atoms with van der Waals surface area (Å²) in [5.41, 5.74) is 3.95. The first-order chi connectivity index (χ1) is 16.9. The van der Waals surface area contributed by atoms with Gasteiger partial charge in [0, 0.05) is 17.1 Å². The van der Waals surface area contributed by atoms with Crippen LogP contribution >= 0.6 is 11.6 Å². The number of aliphatic hydroxyl groups is 4. The maximum atomic E-state index is 12.2. The van der Waals surface area contributed by atoms with Gasteiger partial charge in [0.05, 0.1) is 6.61 Å². The van der Waals surface area contributed by atoms with E-state index in [1.165, 1.54) is 0 Å². The molecule has 5 atom stereocenters. The van der Waals surface area contributed by atoms with Gasteiger partial charge in [-0.15, -0.1) is 0 Å². The topological polar surface area (TPSA) is 119 Å². The molecule has 0 radical (unpaired) electrons. The van der Waals surface area contributed by atoms with Gasteiger partial charge in [-0.2, -0.15) is 0 Å². The molecule has 1 heterocycles. The summed E-state index contributed by atoms with van der Waals surface area (Å²) < 4.78 is 5.67. The van der Waals surface area contributed by atoms with Crippen LogP contribution in [0.2, 0.25) is 5.02 Å². The van der Waals surface area contributed by atoms with E-state index in [1.807, 2.05) is 42.5 Å². The minimum Gasteiger partial charge on any atom is -0.394 e. The summed E-state index contributed by atoms with van der Waals surface area (Å²) in [6, 6.07) is 22.0. The molecule has 0 unspecified atom stereocenters. The maximum Gasteiger partial charge on any atom is 0.251 e. The molecule has 1 amide bonds. The first-order valence-corrected chi connectivity index (χ1v) is 11.7. The van der Waals surface area contributed by atoms with Crippen LogP contribution in [0.4, 0.5) is 0 Å². The van der Waals surface area contributed by atoms with E-state index in [-0.39, 0.29) is 5.91 Å². The number of nitrogens with one attached hydrogen (secondary N) is 1. The Labute approximate surface area is 208 Å². The Hall–Kier alpha value is -2.78. The summed E-state index contributed by atoms with van der Waals surface area (Å²) in [6.07, 6.45) is -5.59. The SMILES string of the molecule is O=C(NCc1ccc(Cc2cc([C@@H]3O[C@H](CO)[C@@H](O)[C@H](O)[C@H]3O)ccc2Cl)cc1)c1ccccc1. The van der Waals surface area contributed by atoms with Gasteiger partial charge in [-0.3, -0.25) is 4.79 Å². The van der Waals surface area contributed by atoms with Crippen molar-refractivity contribution in [3.05, 3.63) is 106 Å². The van der Waals surface area contributed by atoms with E-state index in [4.69, 9.17) is 16.3 Å². The normalized spacial score (nSPS) is 24.2. The maximum absolute atomic E-state index is 12.2. The number of hydrogen-bond donors (Lipinski definition) is 5. The number of halogens is 1. The average Bonchev–Trinajstić information content (AvgIpc) is 2.89. The van der Waals surface area contributed by atoms with E-state index in [9.17, 15) is 25.2 Å². The zero-order chi connectivity index (χ0) is 24.9. The number of hydrogen-bond acceptors (Lipinski definition) is 6. The first-order valence-electron chi connectivity index (χ1n) is 11.4. The molecule has 1 aliphatic heterocycles. The Kier molecular flexibility index (Phi) is 8.18. The molecule has 4 rings (SSSR count). The molecule has 5 N–H and O–H groups in total. The van der Waals surface area contributed by atoms with Gasteiger partial charge in [0.25, 0.3) is 5.91 Å². The predicted molar refractivity (Wildman–Crippen MR) is 131 cm³/mol. The molecule has 7 nitrogen and oxygen atoms in total. The molecule has 0 spiro atoms. The van der Waals surface area contributed by atoms with Crippen LogP contribution in [0.5, 0.6) is 0 Å². The second-order valence-corrected chi connectivity index (χ2v) is 9.05. The lowest BCUT2D eigenvalue weighted by molar-refractivity contribution is -0.231. The number of ether oxygens (including phenoxy) is 1. The smallest absolute Gasteiger partial charge is 0.251 e. The number of aliphatic hydroxyl groups excluding tert-OH is 4. The second-order valence-electron chi connectivity index (χ2n) is 8.64. The van der Waals surface area contributed by atoms with Gasteiger partial charge in [-0.1, -0.05) is 66.2 Å². The fraction of sp³-hybridized carbons (Fsp3) is 0.296. The summed E-state index contributed by atoms with van der Waals surface area (Å²) in [5.74, 6) is -0.133. The highest BCUT2D eigenvalue weighted by Gasteiger charge is 2.44. The molecule has 0 bridgehead atoms. The minimum absolute atomic E-state index is 0.133. The number of carbonyl (C=O) groups is 1. The molecule has 0 aromatic heterocycles. The first kappa shape index (κ1) is 25.3. The highest BCUT2D eigenvalue weighted by atomic mass is 35.5. The molecule has 3 aromatic rings. The van der Waals surface area contributed by atoms with E-state index in [2.05, 4.69) is 5.32 Å². The number of benzene rings is 3. The van der Waals surface area contributed by atoms with Crippen molar-refractivity contribution in [1.82, 2.24) is 5.32 Å². The van der Waals surface area contributed by atoms with Crippen LogP contribution in [-0.2, 0) is 17.7 Å². The Morgan fingerprint density at radius 1 is 0.886 bits per heavy atom. The summed E-state index contributed by atoms with van der Waals surface area (Å²) in [6.45, 7) is -0.0819. The monoisotopic (exact) mass is 497 g/mol. The Morgan fingerprint density at radius 2 is 1.57 bits per heavy atom. The van der Waals surface area contributed by atoms with Crippen molar-refractivity contribution < 1.29 is 30.0 Å². The summed E-state index contributed by atoms with van der Waals surface area (Å²) in [4.78, 5) is 12.2. The van der Waals surface area contributed by atoms with Crippen LogP contribution in [0.3, 0.4) is 0 Å². The standard InChI is InChI=1S/C27H28ClNO6/c28-21-11-10-19(26-25(33)24(32)23(31)22(15-30)35-26)13-20(21)12-16-6-8-17(9-7-16)14-29-27(34)18-4-2-1-3-5-18/h1-11,13,22-26,30-33H,12,14-15H2,(H,29,34)/t22-,23-,24+,25-,26+/m1/s1. The van der Waals surface area contributed by atoms with E-state index < -0.39 is 37.1 Å². The van der Waals surface area contributed by atoms with Gasteiger partial charge in [0.2, 0.25) is 0 Å². The lowest BCUT2D eigenvalue weighted by atomic mass is 9.90. The molecule has 1 fully saturated rings. The molecule has 35 heavy (non-hydrogen) atoms. The van der Waals surface area contributed by atoms with E-state index in [0.717, 1.165) is 16.7 Å². The molecule has 3 aromatic carbocycles. The van der Waals surface area contributed by atoms with Gasteiger partial charge in [0.1, 0.15) is 30.5 Å². The minimum atomic E-state index is -1.44. The average molecular weight is 498 g/mol. The van der Waals surface area contributed by atoms with Crippen molar-refractivity contribution in [3.8, 4) is 0 Å². The number of rotatable bonds is 7. The number of amides is 1. The lowest BCUT2D eigenvalue weighted by Gasteiger charge is -2.40. The third-order valence-corrected chi connectivity index (χ3v) is 6.57. The zero-order valence-electron chi connectivity index (χ0n) is 18.9. The van der Waals surface area contributed by atoms with Crippen molar-refractivity contribution >= 4 is 17.5 Å². The third-order valence-electron chi connectivity index (χ3n) is 6.20. The molecule has 1 saturated heterocycles. The van der Waals surface area contributed by atoms with Crippen LogP contribution in [0.15, 0.2) is 72.8 Å². The quantitative estimate of drug-likeness (QED) is 0.342. The van der Waals surface area contributed by atoms with Crippen molar-refractivity contribution in [2.24, 2.45) is 0 Å². The van der Waals surface area contributed by atoms with Crippen molar-refractivity contribution in [3.63, 3.8) is 0 Å². The van der Waals surface area contributed by atoms with Crippen molar-refractivity contribution in [1.29, 1.82) is 0 Å². The third kappa shape index (κ3) is 5.90. The highest BCUT2D eigenvalue weighted by molar-refractivity contribution is 6.31. The Morgan fingerprint density at radius 3 is 2.26 bits per heavy atom. The molecule has 184 valence electrons. The molecular formula is C27H28ClNO6. The lowest BCUT2D eigenvalue weighted by Crippen LogP contribution is -2.55. The van der Waals surface area contributed by atoms with Gasteiger partial charge < -0.3 is 30.5 Å². The van der Waals surface area contributed by atoms with Crippen LogP contribution < -0.4 is 5.32 Å². The van der Waals surface area contributed by atoms with Crippen molar-refractivity contribution in [2.45, 2.75) is 43.5 Å². The summed E-state index contributed by atoms with van der Waals surface area (Å²) in [5, 5.41) is 43.5. The largest absolute Gasteiger partial charge is 0.394 e. The van der Waals surface area contributed by atoms with Crippen molar-refractivity contribution in [2.75, 3.05) is 6.61 Å². The van der Waals surface area contributed by atoms with Gasteiger partial charge in [-0.05, 0) is 46.9 Å². The number of carbonyl (C=O) groups excluding carboxylic acids is 1. The van der Waals surface area contributed by atoms with Crippen LogP contribution in [-0.4, -0.2) is 57.4 Å².